The quantitative estimate of drug-likeness (QED) is 0.690. The predicted molar refractivity (Wildman–Crippen MR) is 80.7 cm³/mol. The minimum absolute atomic E-state index is 0.131. The molecule has 0 spiro atoms. The second kappa shape index (κ2) is 5.32. The number of carbonyl (C=O) groups is 1. The molecule has 0 bridgehead atoms. The van der Waals surface area contributed by atoms with E-state index in [1.807, 2.05) is 37.3 Å². The number of carbonyl (C=O) groups excluding carboxylic acids is 1. The second-order valence-corrected chi connectivity index (χ2v) is 4.75. The van der Waals surface area contributed by atoms with E-state index >= 15 is 0 Å². The zero-order valence-electron chi connectivity index (χ0n) is 11.8. The standard InChI is InChI=1S/C17H14N2O2/c1-11-9-12(21-2)7-8-13(11)17(20)16-10-18-14-5-3-4-6-15(14)19-16/h3-10H,1-2H3. The van der Waals surface area contributed by atoms with Crippen molar-refractivity contribution in [3.63, 3.8) is 0 Å². The van der Waals surface area contributed by atoms with E-state index < -0.39 is 0 Å². The Hall–Kier alpha value is -2.75. The maximum Gasteiger partial charge on any atom is 0.213 e. The fourth-order valence-corrected chi connectivity index (χ4v) is 2.22. The Bertz CT molecular complexity index is 828. The second-order valence-electron chi connectivity index (χ2n) is 4.75. The highest BCUT2D eigenvalue weighted by Gasteiger charge is 2.14. The highest BCUT2D eigenvalue weighted by Crippen LogP contribution is 2.19. The molecule has 0 aliphatic heterocycles. The smallest absolute Gasteiger partial charge is 0.213 e. The van der Waals surface area contributed by atoms with Crippen LogP contribution < -0.4 is 4.74 Å². The summed E-state index contributed by atoms with van der Waals surface area (Å²) in [4.78, 5) is 21.2. The summed E-state index contributed by atoms with van der Waals surface area (Å²) in [5.74, 6) is 0.599. The van der Waals surface area contributed by atoms with Gasteiger partial charge in [-0.25, -0.2) is 4.98 Å². The van der Waals surface area contributed by atoms with E-state index in [1.54, 1.807) is 19.2 Å². The number of fused-ring (bicyclic) bond motifs is 1. The van der Waals surface area contributed by atoms with Gasteiger partial charge in [0.15, 0.2) is 0 Å². The molecule has 104 valence electrons. The molecular weight excluding hydrogens is 264 g/mol. The maximum atomic E-state index is 12.6. The topological polar surface area (TPSA) is 52.1 Å². The van der Waals surface area contributed by atoms with E-state index in [2.05, 4.69) is 9.97 Å². The monoisotopic (exact) mass is 278 g/mol. The summed E-state index contributed by atoms with van der Waals surface area (Å²) in [6.45, 7) is 1.88. The lowest BCUT2D eigenvalue weighted by molar-refractivity contribution is 0.103. The summed E-state index contributed by atoms with van der Waals surface area (Å²) in [5.41, 5.74) is 3.31. The highest BCUT2D eigenvalue weighted by molar-refractivity contribution is 6.09. The van der Waals surface area contributed by atoms with Gasteiger partial charge >= 0.3 is 0 Å². The average Bonchev–Trinajstić information content (AvgIpc) is 2.53. The fourth-order valence-electron chi connectivity index (χ4n) is 2.22. The zero-order valence-corrected chi connectivity index (χ0v) is 11.8. The number of aromatic nitrogens is 2. The number of hydrogen-bond acceptors (Lipinski definition) is 4. The van der Waals surface area contributed by atoms with Crippen LogP contribution in [0.15, 0.2) is 48.7 Å². The molecular formula is C17H14N2O2. The predicted octanol–water partition coefficient (Wildman–Crippen LogP) is 3.18. The van der Waals surface area contributed by atoms with Crippen molar-refractivity contribution in [1.29, 1.82) is 0 Å². The number of benzene rings is 2. The Morgan fingerprint density at radius 3 is 2.57 bits per heavy atom. The molecule has 1 aromatic heterocycles. The Morgan fingerprint density at radius 2 is 1.86 bits per heavy atom. The van der Waals surface area contributed by atoms with Gasteiger partial charge in [-0.3, -0.25) is 9.78 Å². The summed E-state index contributed by atoms with van der Waals surface area (Å²) in [7, 11) is 1.60. The number of methoxy groups -OCH3 is 1. The molecule has 0 saturated carbocycles. The van der Waals surface area contributed by atoms with E-state index in [0.717, 1.165) is 22.3 Å². The van der Waals surface area contributed by atoms with Crippen molar-refractivity contribution in [1.82, 2.24) is 9.97 Å². The summed E-state index contributed by atoms with van der Waals surface area (Å²) in [6, 6.07) is 12.9. The van der Waals surface area contributed by atoms with Crippen LogP contribution in [0.1, 0.15) is 21.6 Å². The van der Waals surface area contributed by atoms with Crippen molar-refractivity contribution in [2.24, 2.45) is 0 Å². The third-order valence-electron chi connectivity index (χ3n) is 3.36. The fraction of sp³-hybridized carbons (Fsp3) is 0.118. The number of hydrogen-bond donors (Lipinski definition) is 0. The molecule has 0 aliphatic rings. The van der Waals surface area contributed by atoms with Crippen LogP contribution in [-0.4, -0.2) is 22.9 Å². The molecule has 1 heterocycles. The summed E-state index contributed by atoms with van der Waals surface area (Å²) >= 11 is 0. The van der Waals surface area contributed by atoms with Crippen LogP contribution in [0.2, 0.25) is 0 Å². The molecule has 4 heteroatoms. The lowest BCUT2D eigenvalue weighted by Gasteiger charge is -2.07. The van der Waals surface area contributed by atoms with Gasteiger partial charge in [0.05, 0.1) is 24.3 Å². The number of para-hydroxylation sites is 2. The zero-order chi connectivity index (χ0) is 14.8. The van der Waals surface area contributed by atoms with Gasteiger partial charge in [-0.15, -0.1) is 0 Å². The Kier molecular flexibility index (Phi) is 3.36. The van der Waals surface area contributed by atoms with Gasteiger partial charge < -0.3 is 4.74 Å². The molecule has 0 N–H and O–H groups in total. The molecule has 0 aliphatic carbocycles. The molecule has 2 aromatic carbocycles. The van der Waals surface area contributed by atoms with Crippen molar-refractivity contribution in [3.8, 4) is 5.75 Å². The van der Waals surface area contributed by atoms with E-state index in [1.165, 1.54) is 6.20 Å². The van der Waals surface area contributed by atoms with Crippen molar-refractivity contribution in [2.75, 3.05) is 7.11 Å². The number of ketones is 1. The van der Waals surface area contributed by atoms with Gasteiger partial charge in [-0.2, -0.15) is 0 Å². The Balaban J connectivity index is 2.03. The number of nitrogens with zero attached hydrogens (tertiary/aromatic N) is 2. The lowest BCUT2D eigenvalue weighted by atomic mass is 10.0. The molecule has 3 aromatic rings. The normalized spacial score (nSPS) is 10.6. The molecule has 21 heavy (non-hydrogen) atoms. The highest BCUT2D eigenvalue weighted by atomic mass is 16.5. The van der Waals surface area contributed by atoms with E-state index in [4.69, 9.17) is 4.74 Å². The van der Waals surface area contributed by atoms with E-state index in [9.17, 15) is 4.79 Å². The van der Waals surface area contributed by atoms with Gasteiger partial charge in [0.1, 0.15) is 11.4 Å². The van der Waals surface area contributed by atoms with Crippen LogP contribution in [0.25, 0.3) is 11.0 Å². The summed E-state index contributed by atoms with van der Waals surface area (Å²) < 4.78 is 5.15. The van der Waals surface area contributed by atoms with Crippen molar-refractivity contribution >= 4 is 16.8 Å². The van der Waals surface area contributed by atoms with Gasteiger partial charge in [-0.1, -0.05) is 12.1 Å². The van der Waals surface area contributed by atoms with Crippen molar-refractivity contribution in [3.05, 3.63) is 65.5 Å². The first-order valence-electron chi connectivity index (χ1n) is 6.60. The number of aryl methyl sites for hydroxylation is 1. The number of ether oxygens (including phenoxy) is 1. The van der Waals surface area contributed by atoms with Crippen molar-refractivity contribution in [2.45, 2.75) is 6.92 Å². The first-order chi connectivity index (χ1) is 10.2. The van der Waals surface area contributed by atoms with Crippen LogP contribution >= 0.6 is 0 Å². The Morgan fingerprint density at radius 1 is 1.10 bits per heavy atom. The molecule has 0 amide bonds. The van der Waals surface area contributed by atoms with Crippen molar-refractivity contribution < 1.29 is 9.53 Å². The largest absolute Gasteiger partial charge is 0.497 e. The minimum atomic E-state index is -0.131. The molecule has 4 nitrogen and oxygen atoms in total. The van der Waals surface area contributed by atoms with Crippen LogP contribution in [-0.2, 0) is 0 Å². The SMILES string of the molecule is COc1ccc(C(=O)c2cnc3ccccc3n2)c(C)c1. The van der Waals surface area contributed by atoms with Crippen LogP contribution in [0.5, 0.6) is 5.75 Å². The summed E-state index contributed by atoms with van der Waals surface area (Å²) in [6.07, 6.45) is 1.52. The first kappa shape index (κ1) is 13.2. The van der Waals surface area contributed by atoms with Gasteiger partial charge in [-0.05, 0) is 42.8 Å². The van der Waals surface area contributed by atoms with Crippen LogP contribution in [0.4, 0.5) is 0 Å². The van der Waals surface area contributed by atoms with E-state index in [0.29, 0.717) is 11.3 Å². The third kappa shape index (κ3) is 2.48. The van der Waals surface area contributed by atoms with Gasteiger partial charge in [0, 0.05) is 5.56 Å². The van der Waals surface area contributed by atoms with Crippen LogP contribution in [0.3, 0.4) is 0 Å². The first-order valence-corrected chi connectivity index (χ1v) is 6.60. The molecule has 0 fully saturated rings. The minimum Gasteiger partial charge on any atom is -0.497 e. The van der Waals surface area contributed by atoms with E-state index in [-0.39, 0.29) is 5.78 Å². The van der Waals surface area contributed by atoms with Gasteiger partial charge in [0.2, 0.25) is 5.78 Å². The van der Waals surface area contributed by atoms with Gasteiger partial charge in [0.25, 0.3) is 0 Å². The lowest BCUT2D eigenvalue weighted by Crippen LogP contribution is -2.07. The molecule has 0 saturated heterocycles. The van der Waals surface area contributed by atoms with Crippen LogP contribution in [0, 0.1) is 6.92 Å². The molecule has 3 rings (SSSR count). The molecule has 0 unspecified atom stereocenters. The average molecular weight is 278 g/mol. The molecule has 0 radical (unpaired) electrons. The third-order valence-corrected chi connectivity index (χ3v) is 3.36. The Labute approximate surface area is 122 Å². The molecule has 0 atom stereocenters. The number of rotatable bonds is 3. The maximum absolute atomic E-state index is 12.6. The summed E-state index contributed by atoms with van der Waals surface area (Å²) in [5, 5.41) is 0.